The highest BCUT2D eigenvalue weighted by Crippen LogP contribution is 2.21. The van der Waals surface area contributed by atoms with Crippen LogP contribution in [0.2, 0.25) is 0 Å². The molecule has 1 unspecified atom stereocenters. The zero-order chi connectivity index (χ0) is 27.1. The average Bonchev–Trinajstić information content (AvgIpc) is 2.93. The van der Waals surface area contributed by atoms with Crippen LogP contribution >= 0.6 is 12.2 Å². The van der Waals surface area contributed by atoms with Gasteiger partial charge in [0.2, 0.25) is 0 Å². The van der Waals surface area contributed by atoms with Crippen LogP contribution in [0, 0.1) is 7.14 Å². The molecule has 2 aromatic carbocycles. The first-order valence-electron chi connectivity index (χ1n) is 12.8. The summed E-state index contributed by atoms with van der Waals surface area (Å²) >= 11 is 5.03. The van der Waals surface area contributed by atoms with Gasteiger partial charge in [-0.1, -0.05) is 18.2 Å². The smallest absolute Gasteiger partial charge is 0.357 e. The summed E-state index contributed by atoms with van der Waals surface area (Å²) in [6.07, 6.45) is 7.50. The van der Waals surface area contributed by atoms with Gasteiger partial charge in [-0.25, -0.2) is 4.79 Å². The fraction of sp³-hybridized carbons (Fsp3) is 0.310. The van der Waals surface area contributed by atoms with Crippen molar-refractivity contribution in [2.24, 2.45) is 0 Å². The van der Waals surface area contributed by atoms with Crippen LogP contribution in [0.3, 0.4) is 0 Å². The minimum absolute atomic E-state index is 0.0630. The van der Waals surface area contributed by atoms with Crippen molar-refractivity contribution in [3.05, 3.63) is 85.7 Å². The van der Waals surface area contributed by atoms with Crippen molar-refractivity contribution < 1.29 is 40.3 Å². The van der Waals surface area contributed by atoms with Gasteiger partial charge in [-0.3, -0.25) is 19.4 Å². The third-order valence-electron chi connectivity index (χ3n) is 6.39. The van der Waals surface area contributed by atoms with Crippen molar-refractivity contribution in [1.82, 2.24) is 14.7 Å². The number of benzene rings is 2. The maximum absolute atomic E-state index is 13.1. The number of hydrogen-bond donors (Lipinski definition) is 0. The lowest BCUT2D eigenvalue weighted by Crippen LogP contribution is -3.61. The minimum atomic E-state index is -0.431. The quantitative estimate of drug-likeness (QED) is 0.107. The molecule has 38 heavy (non-hydrogen) atoms. The minimum Gasteiger partial charge on any atom is -0.425 e. The summed E-state index contributed by atoms with van der Waals surface area (Å²) in [4.78, 5) is 43.5. The van der Waals surface area contributed by atoms with Crippen LogP contribution in [0.15, 0.2) is 78.5 Å². The Bertz CT molecular complexity index is 1220. The molecule has 2 fully saturated rings. The fourth-order valence-electron chi connectivity index (χ4n) is 4.39. The van der Waals surface area contributed by atoms with E-state index >= 15 is 0 Å². The molecule has 2 heterocycles. The topological polar surface area (TPSA) is 70.2 Å². The summed E-state index contributed by atoms with van der Waals surface area (Å²) in [5.41, 5.74) is 0.0630. The van der Waals surface area contributed by atoms with E-state index in [0.717, 1.165) is 12.8 Å². The van der Waals surface area contributed by atoms with Crippen molar-refractivity contribution in [1.29, 1.82) is 0 Å². The molecular weight excluding hydrogens is 613 g/mol. The van der Waals surface area contributed by atoms with Gasteiger partial charge in [-0.15, -0.1) is 0 Å². The Hall–Kier alpha value is -3.05. The zero-order valence-electron chi connectivity index (χ0n) is 21.5. The largest absolute Gasteiger partial charge is 0.425 e. The van der Waals surface area contributed by atoms with E-state index in [9.17, 15) is 14.4 Å². The second-order valence-corrected chi connectivity index (χ2v) is 12.2. The summed E-state index contributed by atoms with van der Waals surface area (Å²) in [7, 11) is 0. The molecule has 2 aliphatic rings. The lowest BCUT2D eigenvalue weighted by molar-refractivity contribution is -0.597. The number of piperidine rings is 1. The number of nitrogens with zero attached hydrogens (tertiary/aromatic N) is 3. The van der Waals surface area contributed by atoms with Crippen LogP contribution in [0.5, 0.6) is 5.75 Å². The van der Waals surface area contributed by atoms with Gasteiger partial charge in [0.15, 0.2) is 12.3 Å². The number of rotatable bonds is 8. The molecule has 0 aliphatic carbocycles. The number of likely N-dealkylation sites (N-methyl/N-ethyl adjacent to an activating group) is 2. The van der Waals surface area contributed by atoms with E-state index in [0.29, 0.717) is 31.8 Å². The number of hydrogen-bond acceptors (Lipinski definition) is 6. The first kappa shape index (κ1) is 28.0. The predicted octanol–water partition coefficient (Wildman–Crippen LogP) is 1.01. The van der Waals surface area contributed by atoms with Crippen molar-refractivity contribution in [3.63, 3.8) is 0 Å². The number of likely N-dealkylation sites (tertiary alicyclic amines) is 1. The molecule has 2 aliphatic heterocycles. The fourth-order valence-corrected chi connectivity index (χ4v) is 7.03. The van der Waals surface area contributed by atoms with E-state index in [1.807, 2.05) is 61.2 Å². The molecule has 0 aromatic heterocycles. The first-order valence-corrected chi connectivity index (χ1v) is 15.3. The molecule has 0 spiro atoms. The molecule has 2 saturated heterocycles. The van der Waals surface area contributed by atoms with Crippen LogP contribution in [0.1, 0.15) is 33.1 Å². The monoisotopic (exact) mass is 644 g/mol. The summed E-state index contributed by atoms with van der Waals surface area (Å²) in [5.74, 6) is -0.577. The summed E-state index contributed by atoms with van der Waals surface area (Å²) in [6.45, 7) is 5.11. The predicted molar refractivity (Wildman–Crippen MR) is 145 cm³/mol. The van der Waals surface area contributed by atoms with Crippen molar-refractivity contribution >= 4 is 35.1 Å². The second kappa shape index (κ2) is 13.1. The molecule has 0 radical (unpaired) electrons. The molecule has 1 atom stereocenters. The van der Waals surface area contributed by atoms with Gasteiger partial charge in [-0.05, 0) is 100 Å². The van der Waals surface area contributed by atoms with E-state index < -0.39 is 17.9 Å². The maximum atomic E-state index is 13.1. The van der Waals surface area contributed by atoms with Crippen LogP contribution < -0.4 is 25.9 Å². The highest BCUT2D eigenvalue weighted by atomic mass is 127. The number of esters is 1. The number of ether oxygens (including phenoxy) is 1. The summed E-state index contributed by atoms with van der Waals surface area (Å²) in [5, 5.41) is 0.236. The number of thiocarbonyl (C=S) groups is 1. The van der Waals surface area contributed by atoms with Crippen LogP contribution in [-0.2, 0) is 14.4 Å². The van der Waals surface area contributed by atoms with Crippen molar-refractivity contribution in [3.8, 4) is 5.75 Å². The lowest BCUT2D eigenvalue weighted by atomic mass is 10.0. The number of allylic oxidation sites excluding steroid dienone is 2. The summed E-state index contributed by atoms with van der Waals surface area (Å²) < 4.78 is 8.32. The van der Waals surface area contributed by atoms with E-state index in [1.165, 1.54) is 23.0 Å². The molecular formula is C29H31IN3O4S+. The third-order valence-corrected chi connectivity index (χ3v) is 9.51. The Morgan fingerprint density at radius 3 is 2.24 bits per heavy atom. The van der Waals surface area contributed by atoms with Gasteiger partial charge in [0, 0.05) is 19.6 Å². The molecule has 0 bridgehead atoms. The Balaban J connectivity index is 1.42. The van der Waals surface area contributed by atoms with E-state index in [-0.39, 0.29) is 37.9 Å². The Labute approximate surface area is 239 Å². The average molecular weight is 645 g/mol. The van der Waals surface area contributed by atoms with E-state index in [1.54, 1.807) is 12.3 Å². The van der Waals surface area contributed by atoms with Crippen molar-refractivity contribution in [2.45, 2.75) is 39.2 Å². The zero-order valence-corrected chi connectivity index (χ0v) is 24.5. The Morgan fingerprint density at radius 2 is 1.61 bits per heavy atom. The van der Waals surface area contributed by atoms with Gasteiger partial charge in [0.05, 0.1) is 0 Å². The Morgan fingerprint density at radius 1 is 0.974 bits per heavy atom. The number of amides is 2. The normalized spacial score (nSPS) is 18.4. The highest BCUT2D eigenvalue weighted by molar-refractivity contribution is 7.80. The van der Waals surface area contributed by atoms with Crippen LogP contribution in [-0.4, -0.2) is 63.3 Å². The third kappa shape index (κ3) is 6.50. The molecule has 0 saturated carbocycles. The van der Waals surface area contributed by atoms with Gasteiger partial charge >= 0.3 is 27.2 Å². The van der Waals surface area contributed by atoms with E-state index in [4.69, 9.17) is 17.0 Å². The van der Waals surface area contributed by atoms with Gasteiger partial charge in [0.25, 0.3) is 11.8 Å². The van der Waals surface area contributed by atoms with Gasteiger partial charge in [-0.2, -0.15) is 0 Å². The molecule has 7 nitrogen and oxygen atoms in total. The number of carbonyl (C=O) groups is 3. The van der Waals surface area contributed by atoms with Gasteiger partial charge < -0.3 is 9.64 Å². The molecule has 2 aromatic rings. The van der Waals surface area contributed by atoms with Crippen molar-refractivity contribution in [2.75, 3.05) is 19.6 Å². The van der Waals surface area contributed by atoms with Crippen LogP contribution in [0.25, 0.3) is 0 Å². The molecule has 198 valence electrons. The number of carbonyl (C=O) groups excluding carboxylic acids is 3. The molecule has 0 N–H and O–H groups in total. The lowest BCUT2D eigenvalue weighted by Gasteiger charge is -2.35. The number of halogens is 1. The molecule has 2 amide bonds. The Kier molecular flexibility index (Phi) is 9.68. The van der Waals surface area contributed by atoms with Crippen LogP contribution in [0.4, 0.5) is 0 Å². The van der Waals surface area contributed by atoms with E-state index in [2.05, 4.69) is 12.1 Å². The summed E-state index contributed by atoms with van der Waals surface area (Å²) in [6, 6.07) is 17.7. The van der Waals surface area contributed by atoms with Gasteiger partial charge in [0.1, 0.15) is 17.4 Å². The SMILES string of the molecule is CCN1C(=O)C(=C/C=C/N2CCCCC2C(=O)Oc2ccc([I+]c3ccccc3)cc2)C(=O)N(CC)C1=S. The second-order valence-electron chi connectivity index (χ2n) is 8.82. The standard InChI is InChI=1S/C29H31IN3O4S/c1-3-32-26(34)24(27(35)33(4-2)29(32)38)13-10-20-31-19-9-8-14-25(31)28(36)37-23-17-15-22(16-18-23)30-21-11-6-5-7-12-21/h5-7,10-13,15-18,20,25H,3-4,8-9,14,19H2,1-2H3/q+1/b20-10+. The maximum Gasteiger partial charge on any atom is 0.357 e. The molecule has 4 rings (SSSR count). The highest BCUT2D eigenvalue weighted by Gasteiger charge is 2.37. The first-order chi connectivity index (χ1) is 18.4. The molecule has 9 heteroatoms.